The molecule has 1 aliphatic heterocycles. The maximum absolute atomic E-state index is 11.6. The van der Waals surface area contributed by atoms with Gasteiger partial charge in [-0.1, -0.05) is 19.8 Å². The van der Waals surface area contributed by atoms with E-state index < -0.39 is 0 Å². The molecule has 0 spiro atoms. The zero-order chi connectivity index (χ0) is 12.0. The van der Waals surface area contributed by atoms with Crippen LogP contribution in [0.15, 0.2) is 0 Å². The number of nitrogens with zero attached hydrogens (tertiary/aromatic N) is 1. The molecule has 0 amide bonds. The Hall–Kier alpha value is -0.570. The second kappa shape index (κ2) is 6.89. The third-order valence-corrected chi connectivity index (χ3v) is 3.07. The van der Waals surface area contributed by atoms with Crippen molar-refractivity contribution in [3.8, 4) is 0 Å². The first-order valence-corrected chi connectivity index (χ1v) is 6.57. The lowest BCUT2D eigenvalue weighted by molar-refractivity contribution is -0.149. The minimum absolute atomic E-state index is 0.00177. The van der Waals surface area contributed by atoms with E-state index >= 15 is 0 Å². The molecule has 0 N–H and O–H groups in total. The van der Waals surface area contributed by atoms with E-state index in [4.69, 9.17) is 4.74 Å². The Morgan fingerprint density at radius 3 is 2.81 bits per heavy atom. The molecular formula is C13H25NO2. The lowest BCUT2D eigenvalue weighted by Gasteiger charge is -2.34. The molecule has 0 saturated carbocycles. The number of esters is 1. The van der Waals surface area contributed by atoms with Crippen molar-refractivity contribution in [2.75, 3.05) is 13.1 Å². The van der Waals surface area contributed by atoms with Crippen molar-refractivity contribution in [1.29, 1.82) is 0 Å². The molecule has 94 valence electrons. The molecule has 0 aromatic heterocycles. The monoisotopic (exact) mass is 227 g/mol. The van der Waals surface area contributed by atoms with Gasteiger partial charge in [-0.3, -0.25) is 9.69 Å². The van der Waals surface area contributed by atoms with Crippen molar-refractivity contribution in [1.82, 2.24) is 4.90 Å². The van der Waals surface area contributed by atoms with Crippen molar-refractivity contribution in [3.63, 3.8) is 0 Å². The summed E-state index contributed by atoms with van der Waals surface area (Å²) in [5, 5.41) is 0. The number of hydrogen-bond donors (Lipinski definition) is 0. The maximum Gasteiger partial charge on any atom is 0.320 e. The van der Waals surface area contributed by atoms with Crippen LogP contribution in [0.25, 0.3) is 0 Å². The van der Waals surface area contributed by atoms with Crippen molar-refractivity contribution < 1.29 is 9.53 Å². The first-order valence-electron chi connectivity index (χ1n) is 6.57. The van der Waals surface area contributed by atoms with Gasteiger partial charge in [0.2, 0.25) is 0 Å². The SMILES string of the molecule is CCCC1CCCCN1CC(=O)OC(C)C. The lowest BCUT2D eigenvalue weighted by Crippen LogP contribution is -2.43. The average Bonchev–Trinajstić information content (AvgIpc) is 2.20. The maximum atomic E-state index is 11.6. The molecule has 0 aromatic carbocycles. The van der Waals surface area contributed by atoms with Gasteiger partial charge < -0.3 is 4.74 Å². The molecule has 1 unspecified atom stereocenters. The largest absolute Gasteiger partial charge is 0.462 e. The van der Waals surface area contributed by atoms with Gasteiger partial charge in [-0.15, -0.1) is 0 Å². The van der Waals surface area contributed by atoms with Crippen LogP contribution in [0.4, 0.5) is 0 Å². The van der Waals surface area contributed by atoms with E-state index in [1.807, 2.05) is 13.8 Å². The predicted molar refractivity (Wildman–Crippen MR) is 65.3 cm³/mol. The second-order valence-electron chi connectivity index (χ2n) is 4.95. The van der Waals surface area contributed by atoms with Gasteiger partial charge >= 0.3 is 5.97 Å². The summed E-state index contributed by atoms with van der Waals surface area (Å²) in [5.41, 5.74) is 0. The Kier molecular flexibility index (Phi) is 5.81. The standard InChI is InChI=1S/C13H25NO2/c1-4-7-12-8-5-6-9-14(12)10-13(15)16-11(2)3/h11-12H,4-10H2,1-3H3. The van der Waals surface area contributed by atoms with E-state index in [0.29, 0.717) is 12.6 Å². The second-order valence-corrected chi connectivity index (χ2v) is 4.95. The molecule has 0 bridgehead atoms. The normalized spacial score (nSPS) is 22.4. The third kappa shape index (κ3) is 4.52. The number of carbonyl (C=O) groups is 1. The molecule has 0 aliphatic carbocycles. The lowest BCUT2D eigenvalue weighted by atomic mass is 9.98. The minimum atomic E-state index is -0.0713. The van der Waals surface area contributed by atoms with Gasteiger partial charge in [0.25, 0.3) is 0 Å². The highest BCUT2D eigenvalue weighted by Gasteiger charge is 2.24. The Labute approximate surface area is 99.1 Å². The fraction of sp³-hybridized carbons (Fsp3) is 0.923. The smallest absolute Gasteiger partial charge is 0.320 e. The van der Waals surface area contributed by atoms with Crippen molar-refractivity contribution in [2.24, 2.45) is 0 Å². The van der Waals surface area contributed by atoms with E-state index in [1.165, 1.54) is 32.1 Å². The first kappa shape index (κ1) is 13.5. The molecule has 0 aromatic rings. The molecule has 1 rings (SSSR count). The first-order chi connectivity index (χ1) is 7.63. The van der Waals surface area contributed by atoms with E-state index in [9.17, 15) is 4.79 Å². The van der Waals surface area contributed by atoms with Gasteiger partial charge in [0.15, 0.2) is 0 Å². The van der Waals surface area contributed by atoms with E-state index in [1.54, 1.807) is 0 Å². The molecule has 3 nitrogen and oxygen atoms in total. The minimum Gasteiger partial charge on any atom is -0.462 e. The molecule has 1 saturated heterocycles. The van der Waals surface area contributed by atoms with Gasteiger partial charge in [0.05, 0.1) is 12.6 Å². The van der Waals surface area contributed by atoms with E-state index in [-0.39, 0.29) is 12.1 Å². The van der Waals surface area contributed by atoms with Crippen LogP contribution in [-0.2, 0) is 9.53 Å². The van der Waals surface area contributed by atoms with Crippen LogP contribution in [-0.4, -0.2) is 36.1 Å². The molecule has 16 heavy (non-hydrogen) atoms. The Morgan fingerprint density at radius 1 is 1.44 bits per heavy atom. The Bertz CT molecular complexity index is 214. The van der Waals surface area contributed by atoms with Crippen LogP contribution < -0.4 is 0 Å². The number of hydrogen-bond acceptors (Lipinski definition) is 3. The van der Waals surface area contributed by atoms with Crippen molar-refractivity contribution >= 4 is 5.97 Å². The van der Waals surface area contributed by atoms with Gasteiger partial charge in [-0.2, -0.15) is 0 Å². The Morgan fingerprint density at radius 2 is 2.19 bits per heavy atom. The number of carbonyl (C=O) groups excluding carboxylic acids is 1. The molecule has 1 atom stereocenters. The van der Waals surface area contributed by atoms with Crippen LogP contribution in [0.2, 0.25) is 0 Å². The quantitative estimate of drug-likeness (QED) is 0.676. The van der Waals surface area contributed by atoms with Gasteiger partial charge in [0, 0.05) is 6.04 Å². The summed E-state index contributed by atoms with van der Waals surface area (Å²) in [6.45, 7) is 7.54. The van der Waals surface area contributed by atoms with Gasteiger partial charge in [-0.05, 0) is 39.7 Å². The molecule has 1 heterocycles. The molecule has 0 radical (unpaired) electrons. The highest BCUT2D eigenvalue weighted by atomic mass is 16.5. The summed E-state index contributed by atoms with van der Waals surface area (Å²) >= 11 is 0. The Balaban J connectivity index is 2.39. The fourth-order valence-electron chi connectivity index (χ4n) is 2.39. The summed E-state index contributed by atoms with van der Waals surface area (Å²) in [5.74, 6) is -0.0713. The van der Waals surface area contributed by atoms with Crippen molar-refractivity contribution in [3.05, 3.63) is 0 Å². The molecular weight excluding hydrogens is 202 g/mol. The summed E-state index contributed by atoms with van der Waals surface area (Å²) in [6, 6.07) is 0.596. The highest BCUT2D eigenvalue weighted by Crippen LogP contribution is 2.20. The van der Waals surface area contributed by atoms with Crippen LogP contribution >= 0.6 is 0 Å². The molecule has 3 heteroatoms. The van der Waals surface area contributed by atoms with Gasteiger partial charge in [0.1, 0.15) is 0 Å². The topological polar surface area (TPSA) is 29.5 Å². The van der Waals surface area contributed by atoms with Crippen LogP contribution in [0.1, 0.15) is 52.9 Å². The van der Waals surface area contributed by atoms with E-state index in [0.717, 1.165) is 6.54 Å². The van der Waals surface area contributed by atoms with Gasteiger partial charge in [-0.25, -0.2) is 0 Å². The highest BCUT2D eigenvalue weighted by molar-refractivity contribution is 5.71. The fourth-order valence-corrected chi connectivity index (χ4v) is 2.39. The summed E-state index contributed by atoms with van der Waals surface area (Å²) in [7, 11) is 0. The number of rotatable bonds is 5. The summed E-state index contributed by atoms with van der Waals surface area (Å²) < 4.78 is 5.20. The molecule has 1 fully saturated rings. The number of likely N-dealkylation sites (tertiary alicyclic amines) is 1. The van der Waals surface area contributed by atoms with Crippen LogP contribution in [0.5, 0.6) is 0 Å². The van der Waals surface area contributed by atoms with Crippen LogP contribution in [0.3, 0.4) is 0 Å². The third-order valence-electron chi connectivity index (χ3n) is 3.07. The zero-order valence-corrected chi connectivity index (χ0v) is 10.9. The summed E-state index contributed by atoms with van der Waals surface area (Å²) in [6.07, 6.45) is 6.16. The zero-order valence-electron chi connectivity index (χ0n) is 10.9. The van der Waals surface area contributed by atoms with E-state index in [2.05, 4.69) is 11.8 Å². The van der Waals surface area contributed by atoms with Crippen LogP contribution in [0, 0.1) is 0 Å². The summed E-state index contributed by atoms with van der Waals surface area (Å²) in [4.78, 5) is 13.9. The average molecular weight is 227 g/mol. The molecule has 1 aliphatic rings. The predicted octanol–water partition coefficient (Wildman–Crippen LogP) is 2.59. The number of piperidine rings is 1. The number of ether oxygens (including phenoxy) is 1. The van der Waals surface area contributed by atoms with Crippen molar-refractivity contribution in [2.45, 2.75) is 65.0 Å².